The number of rotatable bonds is 3. The highest BCUT2D eigenvalue weighted by Gasteiger charge is 2.13. The highest BCUT2D eigenvalue weighted by atomic mass is 32.2. The Morgan fingerprint density at radius 1 is 1.40 bits per heavy atom. The van der Waals surface area contributed by atoms with Crippen molar-refractivity contribution in [2.75, 3.05) is 11.6 Å². The molecule has 102 valence electrons. The molecule has 2 heterocycles. The molecule has 0 fully saturated rings. The quantitative estimate of drug-likeness (QED) is 0.749. The number of anilines is 1. The molecule has 0 aliphatic carbocycles. The van der Waals surface area contributed by atoms with Crippen molar-refractivity contribution in [1.29, 1.82) is 0 Å². The minimum absolute atomic E-state index is 0.256. The van der Waals surface area contributed by atoms with Gasteiger partial charge in [0.15, 0.2) is 10.8 Å². The minimum atomic E-state index is -0.314. The lowest BCUT2D eigenvalue weighted by Gasteiger charge is -1.95. The van der Waals surface area contributed by atoms with E-state index in [4.69, 9.17) is 4.52 Å². The lowest BCUT2D eigenvalue weighted by molar-refractivity contribution is 0.101. The average molecular weight is 305 g/mol. The Kier molecular flexibility index (Phi) is 3.45. The van der Waals surface area contributed by atoms with Crippen LogP contribution in [0.4, 0.5) is 5.13 Å². The number of thiazole rings is 1. The van der Waals surface area contributed by atoms with E-state index in [1.54, 1.807) is 24.8 Å². The monoisotopic (exact) mass is 305 g/mol. The van der Waals surface area contributed by atoms with Gasteiger partial charge in [0.05, 0.1) is 10.2 Å². The van der Waals surface area contributed by atoms with Crippen LogP contribution in [0.15, 0.2) is 33.7 Å². The highest BCUT2D eigenvalue weighted by Crippen LogP contribution is 2.29. The fourth-order valence-corrected chi connectivity index (χ4v) is 3.13. The van der Waals surface area contributed by atoms with E-state index in [1.165, 1.54) is 16.2 Å². The summed E-state index contributed by atoms with van der Waals surface area (Å²) >= 11 is 3.12. The molecule has 2 aromatic heterocycles. The number of aromatic nitrogens is 2. The Labute approximate surface area is 123 Å². The summed E-state index contributed by atoms with van der Waals surface area (Å²) in [6.45, 7) is 1.74. The van der Waals surface area contributed by atoms with Crippen LogP contribution in [0.25, 0.3) is 10.2 Å². The van der Waals surface area contributed by atoms with Crippen molar-refractivity contribution in [3.05, 3.63) is 35.7 Å². The maximum Gasteiger partial charge on any atom is 0.279 e. The zero-order valence-electron chi connectivity index (χ0n) is 10.8. The Bertz CT molecular complexity index is 779. The third-order valence-electron chi connectivity index (χ3n) is 2.68. The number of aryl methyl sites for hydroxylation is 1. The van der Waals surface area contributed by atoms with Crippen LogP contribution in [0.2, 0.25) is 0 Å². The van der Waals surface area contributed by atoms with E-state index < -0.39 is 0 Å². The fraction of sp³-hybridized carbons (Fsp3) is 0.154. The number of carbonyl (C=O) groups excluding carboxylic acids is 1. The third-order valence-corrected chi connectivity index (χ3v) is 4.34. The van der Waals surface area contributed by atoms with Crippen molar-refractivity contribution in [2.24, 2.45) is 0 Å². The van der Waals surface area contributed by atoms with Gasteiger partial charge in [0, 0.05) is 11.0 Å². The lowest BCUT2D eigenvalue weighted by atomic mass is 10.3. The summed E-state index contributed by atoms with van der Waals surface area (Å²) in [5.41, 5.74) is 1.13. The molecule has 0 saturated carbocycles. The molecule has 3 aromatic rings. The van der Waals surface area contributed by atoms with Crippen molar-refractivity contribution >= 4 is 44.4 Å². The van der Waals surface area contributed by atoms with Gasteiger partial charge in [-0.05, 0) is 31.4 Å². The summed E-state index contributed by atoms with van der Waals surface area (Å²) in [5.74, 6) is 0.287. The highest BCUT2D eigenvalue weighted by molar-refractivity contribution is 7.98. The topological polar surface area (TPSA) is 68.0 Å². The van der Waals surface area contributed by atoms with Crippen LogP contribution < -0.4 is 5.32 Å². The summed E-state index contributed by atoms with van der Waals surface area (Å²) in [6, 6.07) is 7.62. The van der Waals surface area contributed by atoms with Crippen LogP contribution in [-0.4, -0.2) is 22.3 Å². The lowest BCUT2D eigenvalue weighted by Crippen LogP contribution is -2.11. The van der Waals surface area contributed by atoms with Crippen molar-refractivity contribution in [2.45, 2.75) is 11.8 Å². The largest absolute Gasteiger partial charge is 0.361 e. The molecule has 0 atom stereocenters. The normalized spacial score (nSPS) is 10.9. The van der Waals surface area contributed by atoms with Crippen molar-refractivity contribution in [3.8, 4) is 0 Å². The molecule has 20 heavy (non-hydrogen) atoms. The van der Waals surface area contributed by atoms with Crippen LogP contribution in [-0.2, 0) is 0 Å². The predicted molar refractivity (Wildman–Crippen MR) is 80.6 cm³/mol. The summed E-state index contributed by atoms with van der Waals surface area (Å²) in [7, 11) is 0. The Morgan fingerprint density at radius 3 is 2.95 bits per heavy atom. The summed E-state index contributed by atoms with van der Waals surface area (Å²) in [6.07, 6.45) is 2.03. The number of hydrogen-bond acceptors (Lipinski definition) is 6. The van der Waals surface area contributed by atoms with Gasteiger partial charge in [-0.25, -0.2) is 4.98 Å². The van der Waals surface area contributed by atoms with Gasteiger partial charge in [-0.2, -0.15) is 0 Å². The molecule has 1 aromatic carbocycles. The molecule has 0 aliphatic heterocycles. The van der Waals surface area contributed by atoms with Crippen LogP contribution in [0.3, 0.4) is 0 Å². The van der Waals surface area contributed by atoms with E-state index in [9.17, 15) is 4.79 Å². The molecule has 3 rings (SSSR count). The van der Waals surface area contributed by atoms with Gasteiger partial charge in [0.25, 0.3) is 5.91 Å². The van der Waals surface area contributed by atoms with E-state index in [1.807, 2.05) is 18.4 Å². The average Bonchev–Trinajstić information content (AvgIpc) is 3.03. The molecule has 0 spiro atoms. The van der Waals surface area contributed by atoms with Crippen LogP contribution >= 0.6 is 23.1 Å². The number of nitrogens with zero attached hydrogens (tertiary/aromatic N) is 2. The first-order chi connectivity index (χ1) is 9.65. The van der Waals surface area contributed by atoms with E-state index >= 15 is 0 Å². The molecule has 0 aliphatic rings. The van der Waals surface area contributed by atoms with Gasteiger partial charge < -0.3 is 4.52 Å². The first-order valence-corrected chi connectivity index (χ1v) is 7.89. The van der Waals surface area contributed by atoms with Crippen LogP contribution in [0, 0.1) is 6.92 Å². The first-order valence-electron chi connectivity index (χ1n) is 5.85. The predicted octanol–water partition coefficient (Wildman–Crippen LogP) is 3.57. The van der Waals surface area contributed by atoms with Crippen LogP contribution in [0.1, 0.15) is 16.2 Å². The molecule has 7 heteroatoms. The first kappa shape index (κ1) is 13.1. The molecule has 0 radical (unpaired) electrons. The second-order valence-electron chi connectivity index (χ2n) is 4.13. The van der Waals surface area contributed by atoms with Gasteiger partial charge >= 0.3 is 0 Å². The molecule has 0 bridgehead atoms. The Hall–Kier alpha value is -1.86. The number of nitrogens with one attached hydrogen (secondary N) is 1. The van der Waals surface area contributed by atoms with E-state index in [-0.39, 0.29) is 11.6 Å². The van der Waals surface area contributed by atoms with Gasteiger partial charge in [-0.3, -0.25) is 10.1 Å². The molecular weight excluding hydrogens is 294 g/mol. The Balaban J connectivity index is 1.85. The zero-order chi connectivity index (χ0) is 14.1. The summed E-state index contributed by atoms with van der Waals surface area (Å²) < 4.78 is 5.93. The zero-order valence-corrected chi connectivity index (χ0v) is 12.5. The number of thioether (sulfide) groups is 1. The van der Waals surface area contributed by atoms with Gasteiger partial charge in [-0.15, -0.1) is 11.8 Å². The van der Waals surface area contributed by atoms with E-state index in [0.29, 0.717) is 10.9 Å². The molecule has 0 unspecified atom stereocenters. The molecule has 5 nitrogen and oxygen atoms in total. The number of fused-ring (bicyclic) bond motifs is 1. The molecular formula is C13H11N3O2S2. The van der Waals surface area contributed by atoms with Crippen LogP contribution in [0.5, 0.6) is 0 Å². The minimum Gasteiger partial charge on any atom is -0.361 e. The van der Waals surface area contributed by atoms with Crippen molar-refractivity contribution in [1.82, 2.24) is 10.1 Å². The number of carbonyl (C=O) groups is 1. The maximum atomic E-state index is 12.0. The van der Waals surface area contributed by atoms with Gasteiger partial charge in [0.2, 0.25) is 0 Å². The standard InChI is InChI=1S/C13H11N3O2S2/c1-7-5-10(16-18-7)12(17)15-13-14-9-4-3-8(19-2)6-11(9)20-13/h3-6H,1-2H3,(H,14,15,17). The van der Waals surface area contributed by atoms with E-state index in [0.717, 1.165) is 10.2 Å². The van der Waals surface area contributed by atoms with E-state index in [2.05, 4.69) is 21.5 Å². The van der Waals surface area contributed by atoms with Crippen molar-refractivity contribution < 1.29 is 9.32 Å². The second-order valence-corrected chi connectivity index (χ2v) is 6.04. The van der Waals surface area contributed by atoms with Gasteiger partial charge in [0.1, 0.15) is 5.76 Å². The second kappa shape index (κ2) is 5.26. The molecule has 0 saturated heterocycles. The fourth-order valence-electron chi connectivity index (χ4n) is 1.72. The number of amides is 1. The summed E-state index contributed by atoms with van der Waals surface area (Å²) in [5, 5.41) is 6.98. The van der Waals surface area contributed by atoms with Crippen molar-refractivity contribution in [3.63, 3.8) is 0 Å². The smallest absolute Gasteiger partial charge is 0.279 e. The molecule has 1 N–H and O–H groups in total. The summed E-state index contributed by atoms with van der Waals surface area (Å²) in [4.78, 5) is 17.5. The Morgan fingerprint density at radius 2 is 2.25 bits per heavy atom. The number of hydrogen-bond donors (Lipinski definition) is 1. The SMILES string of the molecule is CSc1ccc2nc(NC(=O)c3cc(C)on3)sc2c1. The number of benzene rings is 1. The third kappa shape index (κ3) is 2.54. The molecule has 1 amide bonds. The van der Waals surface area contributed by atoms with Gasteiger partial charge in [-0.1, -0.05) is 16.5 Å². The maximum absolute atomic E-state index is 12.0.